The molecular formula is C25H26N2O3. The number of amides is 1. The van der Waals surface area contributed by atoms with Gasteiger partial charge in [0.1, 0.15) is 6.10 Å². The standard InChI is InChI=1S/C25H26N2O3/c28-24(25(13-16-29-17-14-25)20-7-2-1-3-8-20)27-15-12-21(18-27)30-23-11-10-19-6-4-5-9-22(19)26-23/h1-11,21H,12-18H2/t21-/m1/s1. The van der Waals surface area contributed by atoms with Crippen LogP contribution in [0.2, 0.25) is 0 Å². The normalized spacial score (nSPS) is 20.9. The van der Waals surface area contributed by atoms with Crippen LogP contribution in [0.15, 0.2) is 66.7 Å². The zero-order valence-corrected chi connectivity index (χ0v) is 17.0. The van der Waals surface area contributed by atoms with Gasteiger partial charge in [-0.05, 0) is 30.5 Å². The molecule has 3 heterocycles. The van der Waals surface area contributed by atoms with Gasteiger partial charge in [-0.25, -0.2) is 4.98 Å². The van der Waals surface area contributed by atoms with Crippen molar-refractivity contribution in [3.63, 3.8) is 0 Å². The largest absolute Gasteiger partial charge is 0.472 e. The van der Waals surface area contributed by atoms with Crippen LogP contribution in [0.4, 0.5) is 0 Å². The number of likely N-dealkylation sites (tertiary alicyclic amines) is 1. The van der Waals surface area contributed by atoms with E-state index in [0.717, 1.165) is 35.7 Å². The minimum absolute atomic E-state index is 0.0322. The Kier molecular flexibility index (Phi) is 5.13. The summed E-state index contributed by atoms with van der Waals surface area (Å²) in [6.45, 7) is 2.56. The zero-order valence-electron chi connectivity index (χ0n) is 17.0. The molecule has 2 saturated heterocycles. The highest BCUT2D eigenvalue weighted by Crippen LogP contribution is 2.37. The lowest BCUT2D eigenvalue weighted by molar-refractivity contribution is -0.140. The number of carbonyl (C=O) groups excluding carboxylic acids is 1. The van der Waals surface area contributed by atoms with Gasteiger partial charge in [0, 0.05) is 37.6 Å². The van der Waals surface area contributed by atoms with E-state index in [-0.39, 0.29) is 12.0 Å². The summed E-state index contributed by atoms with van der Waals surface area (Å²) in [4.78, 5) is 20.3. The Labute approximate surface area is 176 Å². The summed E-state index contributed by atoms with van der Waals surface area (Å²) < 4.78 is 11.8. The lowest BCUT2D eigenvalue weighted by atomic mass is 9.73. The van der Waals surface area contributed by atoms with Crippen LogP contribution in [0.3, 0.4) is 0 Å². The number of ether oxygens (including phenoxy) is 2. The number of hydrogen-bond donors (Lipinski definition) is 0. The van der Waals surface area contributed by atoms with Crippen LogP contribution in [-0.4, -0.2) is 48.2 Å². The van der Waals surface area contributed by atoms with Crippen LogP contribution in [0.1, 0.15) is 24.8 Å². The molecule has 0 N–H and O–H groups in total. The van der Waals surface area contributed by atoms with Crippen LogP contribution in [0.25, 0.3) is 10.9 Å². The maximum Gasteiger partial charge on any atom is 0.233 e. The van der Waals surface area contributed by atoms with E-state index < -0.39 is 5.41 Å². The molecule has 2 fully saturated rings. The fourth-order valence-corrected chi connectivity index (χ4v) is 4.70. The predicted octanol–water partition coefficient (Wildman–Crippen LogP) is 3.96. The second kappa shape index (κ2) is 8.07. The minimum Gasteiger partial charge on any atom is -0.472 e. The van der Waals surface area contributed by atoms with Gasteiger partial charge in [0.25, 0.3) is 0 Å². The van der Waals surface area contributed by atoms with Crippen LogP contribution < -0.4 is 4.74 Å². The molecule has 5 nitrogen and oxygen atoms in total. The first-order chi connectivity index (χ1) is 14.7. The third-order valence-corrected chi connectivity index (χ3v) is 6.37. The van der Waals surface area contributed by atoms with Gasteiger partial charge in [0.15, 0.2) is 0 Å². The molecule has 1 amide bonds. The average Bonchev–Trinajstić information content (AvgIpc) is 3.28. The summed E-state index contributed by atoms with van der Waals surface area (Å²) in [5.74, 6) is 0.825. The van der Waals surface area contributed by atoms with Crippen molar-refractivity contribution in [2.45, 2.75) is 30.8 Å². The maximum absolute atomic E-state index is 13.7. The maximum atomic E-state index is 13.7. The molecular weight excluding hydrogens is 376 g/mol. The number of para-hydroxylation sites is 1. The van der Waals surface area contributed by atoms with E-state index in [2.05, 4.69) is 17.1 Å². The van der Waals surface area contributed by atoms with E-state index in [0.29, 0.717) is 32.2 Å². The smallest absolute Gasteiger partial charge is 0.233 e. The third-order valence-electron chi connectivity index (χ3n) is 6.37. The number of carbonyl (C=O) groups is 1. The molecule has 5 rings (SSSR count). The molecule has 0 spiro atoms. The van der Waals surface area contributed by atoms with E-state index in [4.69, 9.17) is 9.47 Å². The van der Waals surface area contributed by atoms with E-state index in [1.54, 1.807) is 0 Å². The molecule has 5 heteroatoms. The van der Waals surface area contributed by atoms with Crippen molar-refractivity contribution in [2.24, 2.45) is 0 Å². The quantitative estimate of drug-likeness (QED) is 0.663. The van der Waals surface area contributed by atoms with Crippen molar-refractivity contribution in [3.05, 3.63) is 72.3 Å². The fourth-order valence-electron chi connectivity index (χ4n) is 4.70. The highest BCUT2D eigenvalue weighted by molar-refractivity contribution is 5.88. The molecule has 2 aliphatic rings. The Morgan fingerprint density at radius 3 is 2.60 bits per heavy atom. The zero-order chi connectivity index (χ0) is 20.4. The lowest BCUT2D eigenvalue weighted by Gasteiger charge is -2.39. The molecule has 1 atom stereocenters. The molecule has 154 valence electrons. The van der Waals surface area contributed by atoms with Gasteiger partial charge in [-0.2, -0.15) is 0 Å². The van der Waals surface area contributed by atoms with Gasteiger partial charge in [-0.15, -0.1) is 0 Å². The van der Waals surface area contributed by atoms with E-state index in [9.17, 15) is 4.79 Å². The molecule has 0 saturated carbocycles. The number of aromatic nitrogens is 1. The Hall–Kier alpha value is -2.92. The number of benzene rings is 2. The van der Waals surface area contributed by atoms with Gasteiger partial charge in [-0.3, -0.25) is 4.79 Å². The number of nitrogens with zero attached hydrogens (tertiary/aromatic N) is 2. The monoisotopic (exact) mass is 402 g/mol. The fraction of sp³-hybridized carbons (Fsp3) is 0.360. The number of hydrogen-bond acceptors (Lipinski definition) is 4. The molecule has 2 aromatic carbocycles. The van der Waals surface area contributed by atoms with Gasteiger partial charge < -0.3 is 14.4 Å². The molecule has 0 aliphatic carbocycles. The average molecular weight is 402 g/mol. The third kappa shape index (κ3) is 3.54. The number of fused-ring (bicyclic) bond motifs is 1. The summed E-state index contributed by atoms with van der Waals surface area (Å²) in [5, 5.41) is 1.09. The van der Waals surface area contributed by atoms with Crippen LogP contribution in [-0.2, 0) is 14.9 Å². The van der Waals surface area contributed by atoms with Gasteiger partial charge in [0.05, 0.1) is 17.5 Å². The first kappa shape index (κ1) is 19.1. The molecule has 0 bridgehead atoms. The van der Waals surface area contributed by atoms with Gasteiger partial charge in [-0.1, -0.05) is 48.5 Å². The second-order valence-corrected chi connectivity index (χ2v) is 8.18. The SMILES string of the molecule is O=C(N1CC[C@@H](Oc2ccc3ccccc3n2)C1)C1(c2ccccc2)CCOCC1. The predicted molar refractivity (Wildman–Crippen MR) is 116 cm³/mol. The number of pyridine rings is 1. The Balaban J connectivity index is 1.32. The number of rotatable bonds is 4. The summed E-state index contributed by atoms with van der Waals surface area (Å²) in [6, 6.07) is 22.1. The highest BCUT2D eigenvalue weighted by Gasteiger charge is 2.45. The van der Waals surface area contributed by atoms with Gasteiger partial charge in [0.2, 0.25) is 11.8 Å². The van der Waals surface area contributed by atoms with Crippen molar-refractivity contribution >= 4 is 16.8 Å². The Morgan fingerprint density at radius 2 is 1.77 bits per heavy atom. The first-order valence-corrected chi connectivity index (χ1v) is 10.7. The van der Waals surface area contributed by atoms with Crippen molar-refractivity contribution < 1.29 is 14.3 Å². The molecule has 0 unspecified atom stereocenters. The van der Waals surface area contributed by atoms with Crippen molar-refractivity contribution in [1.29, 1.82) is 0 Å². The van der Waals surface area contributed by atoms with Crippen molar-refractivity contribution in [2.75, 3.05) is 26.3 Å². The summed E-state index contributed by atoms with van der Waals surface area (Å²) >= 11 is 0. The molecule has 1 aromatic heterocycles. The van der Waals surface area contributed by atoms with Crippen LogP contribution >= 0.6 is 0 Å². The van der Waals surface area contributed by atoms with E-state index >= 15 is 0 Å². The lowest BCUT2D eigenvalue weighted by Crippen LogP contribution is -2.49. The second-order valence-electron chi connectivity index (χ2n) is 8.18. The Morgan fingerprint density at radius 1 is 1.00 bits per heavy atom. The molecule has 2 aliphatic heterocycles. The first-order valence-electron chi connectivity index (χ1n) is 10.7. The molecule has 3 aromatic rings. The molecule has 0 radical (unpaired) electrons. The molecule has 30 heavy (non-hydrogen) atoms. The van der Waals surface area contributed by atoms with Crippen molar-refractivity contribution in [3.8, 4) is 5.88 Å². The van der Waals surface area contributed by atoms with Crippen LogP contribution in [0, 0.1) is 0 Å². The topological polar surface area (TPSA) is 51.7 Å². The summed E-state index contributed by atoms with van der Waals surface area (Å²) in [6.07, 6.45) is 2.24. The minimum atomic E-state index is -0.490. The van der Waals surface area contributed by atoms with E-state index in [1.807, 2.05) is 59.5 Å². The van der Waals surface area contributed by atoms with Crippen LogP contribution in [0.5, 0.6) is 5.88 Å². The summed E-state index contributed by atoms with van der Waals surface area (Å²) in [7, 11) is 0. The summed E-state index contributed by atoms with van der Waals surface area (Å²) in [5.41, 5.74) is 1.53. The van der Waals surface area contributed by atoms with Gasteiger partial charge >= 0.3 is 0 Å². The highest BCUT2D eigenvalue weighted by atomic mass is 16.5. The Bertz CT molecular complexity index is 1030. The van der Waals surface area contributed by atoms with Crippen molar-refractivity contribution in [1.82, 2.24) is 9.88 Å². The van der Waals surface area contributed by atoms with E-state index in [1.165, 1.54) is 0 Å².